The fourth-order valence-corrected chi connectivity index (χ4v) is 6.01. The second-order valence-corrected chi connectivity index (χ2v) is 13.0. The number of rotatable bonds is 3. The Hall–Kier alpha value is -1.85. The van der Waals surface area contributed by atoms with Crippen molar-refractivity contribution in [3.05, 3.63) is 68.2 Å². The molecule has 3 aromatic rings. The van der Waals surface area contributed by atoms with Crippen LogP contribution >= 0.6 is 34.8 Å². The largest absolute Gasteiger partial charge is 3.00 e. The summed E-state index contributed by atoms with van der Waals surface area (Å²) in [6, 6.07) is 8.08. The molecular formula is C21H21Cl3N3NiO9S3. The maximum absolute atomic E-state index is 10.7. The zero-order chi connectivity index (χ0) is 30.7. The minimum Gasteiger partial charge on any atom is -0.744 e. The Kier molecular flexibility index (Phi) is 13.7. The standard InChI is InChI=1S/3C7H8ClNO3S.Ni/c3*1-4-2-5(9)7(8)6(3-4)13(10,11)12;/h3*2-3H,9H2,1H3,(H,10,11,12);/q;;;+3/p-3. The number of anilines is 3. The molecule has 223 valence electrons. The number of benzene rings is 3. The van der Waals surface area contributed by atoms with Gasteiger partial charge in [-0.1, -0.05) is 34.8 Å². The molecule has 0 fully saturated rings. The molecule has 0 aliphatic carbocycles. The molecule has 0 aromatic heterocycles. The quantitative estimate of drug-likeness (QED) is 0.200. The molecule has 0 heterocycles. The van der Waals surface area contributed by atoms with Gasteiger partial charge < -0.3 is 30.9 Å². The van der Waals surface area contributed by atoms with Gasteiger partial charge in [0.1, 0.15) is 30.4 Å². The molecule has 3 aromatic carbocycles. The van der Waals surface area contributed by atoms with Crippen LogP contribution in [-0.4, -0.2) is 38.9 Å². The molecule has 0 saturated heterocycles. The minimum atomic E-state index is -4.54. The van der Waals surface area contributed by atoms with Gasteiger partial charge in [0.2, 0.25) is 0 Å². The Morgan fingerprint density at radius 3 is 0.825 bits per heavy atom. The predicted octanol–water partition coefficient (Wildman–Crippen LogP) is 3.40. The summed E-state index contributed by atoms with van der Waals surface area (Å²) in [6.45, 7) is 4.88. The normalized spacial score (nSPS) is 11.3. The monoisotopic (exact) mass is 718 g/mol. The van der Waals surface area contributed by atoms with Crippen LogP contribution in [0, 0.1) is 20.8 Å². The van der Waals surface area contributed by atoms with E-state index in [9.17, 15) is 38.9 Å². The van der Waals surface area contributed by atoms with Crippen molar-refractivity contribution in [1.29, 1.82) is 0 Å². The third-order valence-electron chi connectivity index (χ3n) is 4.44. The molecule has 0 aliphatic rings. The van der Waals surface area contributed by atoms with Crippen molar-refractivity contribution in [1.82, 2.24) is 0 Å². The van der Waals surface area contributed by atoms with Crippen LogP contribution in [0.4, 0.5) is 17.1 Å². The summed E-state index contributed by atoms with van der Waals surface area (Å²) in [6.07, 6.45) is 0. The van der Waals surface area contributed by atoms with E-state index in [0.29, 0.717) is 16.7 Å². The predicted molar refractivity (Wildman–Crippen MR) is 146 cm³/mol. The van der Waals surface area contributed by atoms with Gasteiger partial charge in [-0.15, -0.1) is 0 Å². The Labute approximate surface area is 257 Å². The number of nitrogens with two attached hydrogens (primary N) is 3. The maximum Gasteiger partial charge on any atom is 3.00 e. The summed E-state index contributed by atoms with van der Waals surface area (Å²) in [5, 5.41) is -0.623. The molecular weight excluding hydrogens is 699 g/mol. The van der Waals surface area contributed by atoms with Gasteiger partial charge in [-0.05, 0) is 73.9 Å². The van der Waals surface area contributed by atoms with Gasteiger partial charge in [-0.2, -0.15) is 0 Å². The van der Waals surface area contributed by atoms with Crippen LogP contribution < -0.4 is 17.2 Å². The Morgan fingerprint density at radius 2 is 0.675 bits per heavy atom. The minimum absolute atomic E-state index is 0. The summed E-state index contributed by atoms with van der Waals surface area (Å²) in [5.41, 5.74) is 18.2. The van der Waals surface area contributed by atoms with Crippen molar-refractivity contribution in [2.75, 3.05) is 17.2 Å². The Balaban J connectivity index is 0.000000563. The van der Waals surface area contributed by atoms with Gasteiger partial charge in [-0.25, -0.2) is 25.3 Å². The Bertz CT molecular complexity index is 1530. The molecule has 0 bridgehead atoms. The molecule has 3 rings (SSSR count). The van der Waals surface area contributed by atoms with Crippen LogP contribution in [0.5, 0.6) is 0 Å². The van der Waals surface area contributed by atoms with Crippen molar-refractivity contribution >= 4 is 82.2 Å². The molecule has 0 aliphatic heterocycles. The summed E-state index contributed by atoms with van der Waals surface area (Å²) in [5.74, 6) is 0. The molecule has 6 N–H and O–H groups in total. The number of nitrogen functional groups attached to an aromatic ring is 3. The fourth-order valence-electron chi connectivity index (χ4n) is 2.83. The first-order chi connectivity index (χ1) is 17.5. The van der Waals surface area contributed by atoms with E-state index in [0.717, 1.165) is 0 Å². The molecule has 19 heteroatoms. The van der Waals surface area contributed by atoms with Crippen molar-refractivity contribution in [2.45, 2.75) is 35.5 Å². The van der Waals surface area contributed by atoms with E-state index in [1.54, 1.807) is 20.8 Å². The van der Waals surface area contributed by atoms with Crippen LogP contribution in [0.3, 0.4) is 0 Å². The number of hydrogen-bond donors (Lipinski definition) is 3. The molecule has 12 nitrogen and oxygen atoms in total. The average Bonchev–Trinajstić information content (AvgIpc) is 2.74. The van der Waals surface area contributed by atoms with Crippen molar-refractivity contribution in [3.63, 3.8) is 0 Å². The van der Waals surface area contributed by atoms with Crippen LogP contribution in [0.1, 0.15) is 16.7 Å². The topological polar surface area (TPSA) is 250 Å². The van der Waals surface area contributed by atoms with Crippen LogP contribution in [0.25, 0.3) is 0 Å². The van der Waals surface area contributed by atoms with E-state index in [2.05, 4.69) is 0 Å². The van der Waals surface area contributed by atoms with Gasteiger partial charge in [0.25, 0.3) is 0 Å². The zero-order valence-corrected chi connectivity index (χ0v) is 26.3. The van der Waals surface area contributed by atoms with Crippen molar-refractivity contribution < 1.29 is 55.4 Å². The molecule has 0 atom stereocenters. The second-order valence-electron chi connectivity index (χ2n) is 7.86. The molecule has 0 unspecified atom stereocenters. The van der Waals surface area contributed by atoms with Crippen LogP contribution in [0.15, 0.2) is 51.1 Å². The first-order valence-electron chi connectivity index (χ1n) is 10.0. The first-order valence-corrected chi connectivity index (χ1v) is 15.4. The van der Waals surface area contributed by atoms with E-state index < -0.39 is 45.0 Å². The number of halogens is 3. The van der Waals surface area contributed by atoms with Crippen molar-refractivity contribution in [2.24, 2.45) is 0 Å². The molecule has 40 heavy (non-hydrogen) atoms. The SMILES string of the molecule is Cc1cc(N)c(Cl)c(S(=O)(=O)[O-])c1.Cc1cc(N)c(Cl)c(S(=O)(=O)[O-])c1.Cc1cc(N)c(Cl)c(S(=O)(=O)[O-])c1.[Ni+3]. The third kappa shape index (κ3) is 10.9. The summed E-state index contributed by atoms with van der Waals surface area (Å²) >= 11 is 16.6. The second kappa shape index (κ2) is 14.4. The van der Waals surface area contributed by atoms with Gasteiger partial charge in [0.15, 0.2) is 0 Å². The van der Waals surface area contributed by atoms with Crippen LogP contribution in [-0.2, 0) is 46.8 Å². The maximum atomic E-state index is 10.7. The average molecular weight is 721 g/mol. The summed E-state index contributed by atoms with van der Waals surface area (Å²) in [7, 11) is -13.6. The molecule has 1 radical (unpaired) electrons. The van der Waals surface area contributed by atoms with Gasteiger partial charge in [0.05, 0.1) is 46.8 Å². The molecule has 0 spiro atoms. The van der Waals surface area contributed by atoms with E-state index in [-0.39, 0.29) is 48.6 Å². The van der Waals surface area contributed by atoms with Crippen LogP contribution in [0.2, 0.25) is 15.1 Å². The number of aryl methyl sites for hydroxylation is 3. The zero-order valence-electron chi connectivity index (χ0n) is 20.5. The van der Waals surface area contributed by atoms with E-state index in [4.69, 9.17) is 52.0 Å². The first kappa shape index (κ1) is 38.2. The van der Waals surface area contributed by atoms with Gasteiger partial charge >= 0.3 is 16.5 Å². The third-order valence-corrected chi connectivity index (χ3v) is 8.63. The molecule has 0 saturated carbocycles. The van der Waals surface area contributed by atoms with Crippen molar-refractivity contribution in [3.8, 4) is 0 Å². The van der Waals surface area contributed by atoms with Gasteiger partial charge in [-0.3, -0.25) is 0 Å². The summed E-state index contributed by atoms with van der Waals surface area (Å²) < 4.78 is 96.0. The summed E-state index contributed by atoms with van der Waals surface area (Å²) in [4.78, 5) is -1.40. The number of hydrogen-bond acceptors (Lipinski definition) is 12. The smallest absolute Gasteiger partial charge is 0.744 e. The fraction of sp³-hybridized carbons (Fsp3) is 0.143. The Morgan fingerprint density at radius 1 is 0.500 bits per heavy atom. The van der Waals surface area contributed by atoms with Gasteiger partial charge in [0, 0.05) is 0 Å². The van der Waals surface area contributed by atoms with E-state index in [1.807, 2.05) is 0 Å². The van der Waals surface area contributed by atoms with E-state index >= 15 is 0 Å². The van der Waals surface area contributed by atoms with E-state index in [1.165, 1.54) is 36.4 Å². The molecule has 0 amide bonds.